The number of aromatic nitrogens is 3. The van der Waals surface area contributed by atoms with E-state index in [4.69, 9.17) is 4.74 Å². The lowest BCUT2D eigenvalue weighted by Gasteiger charge is -2.30. The molecule has 0 amide bonds. The second kappa shape index (κ2) is 6.14. The van der Waals surface area contributed by atoms with Gasteiger partial charge in [0, 0.05) is 13.6 Å². The molecule has 6 nitrogen and oxygen atoms in total. The van der Waals surface area contributed by atoms with Gasteiger partial charge in [-0.1, -0.05) is 0 Å². The van der Waals surface area contributed by atoms with Crippen LogP contribution in [0.15, 0.2) is 0 Å². The van der Waals surface area contributed by atoms with Crippen molar-refractivity contribution in [2.75, 3.05) is 19.7 Å². The fourth-order valence-electron chi connectivity index (χ4n) is 2.44. The zero-order chi connectivity index (χ0) is 13.8. The Hall–Kier alpha value is -1.43. The largest absolute Gasteiger partial charge is 0.466 e. The molecule has 1 saturated heterocycles. The second-order valence-corrected chi connectivity index (χ2v) is 5.05. The van der Waals surface area contributed by atoms with Crippen molar-refractivity contribution in [2.24, 2.45) is 13.0 Å². The van der Waals surface area contributed by atoms with Crippen LogP contribution in [-0.4, -0.2) is 45.3 Å². The van der Waals surface area contributed by atoms with Gasteiger partial charge in [0.15, 0.2) is 0 Å². The summed E-state index contributed by atoms with van der Waals surface area (Å²) in [6.07, 6.45) is 1.95. The van der Waals surface area contributed by atoms with Gasteiger partial charge < -0.3 is 9.30 Å². The Balaban J connectivity index is 1.94. The smallest absolute Gasteiger partial charge is 0.310 e. The SMILES string of the molecule is CCOC(=O)[C@@H]1CCCN(Cc2nnc(C)n2C)C1. The molecule has 6 heteroatoms. The summed E-state index contributed by atoms with van der Waals surface area (Å²) in [6, 6.07) is 0. The molecule has 2 rings (SSSR count). The maximum atomic E-state index is 11.8. The van der Waals surface area contributed by atoms with Gasteiger partial charge in [0.25, 0.3) is 0 Å². The third-order valence-electron chi connectivity index (χ3n) is 3.67. The Morgan fingerprint density at radius 1 is 1.47 bits per heavy atom. The molecule has 1 fully saturated rings. The van der Waals surface area contributed by atoms with Crippen LogP contribution in [0.5, 0.6) is 0 Å². The van der Waals surface area contributed by atoms with Crippen LogP contribution < -0.4 is 0 Å². The highest BCUT2D eigenvalue weighted by Gasteiger charge is 2.27. The number of rotatable bonds is 4. The van der Waals surface area contributed by atoms with Gasteiger partial charge in [0.2, 0.25) is 0 Å². The lowest BCUT2D eigenvalue weighted by atomic mass is 9.98. The molecule has 0 radical (unpaired) electrons. The van der Waals surface area contributed by atoms with Crippen LogP contribution in [0.4, 0.5) is 0 Å². The van der Waals surface area contributed by atoms with Crippen LogP contribution in [0.3, 0.4) is 0 Å². The number of esters is 1. The Bertz CT molecular complexity index is 444. The highest BCUT2D eigenvalue weighted by molar-refractivity contribution is 5.72. The zero-order valence-corrected chi connectivity index (χ0v) is 11.9. The van der Waals surface area contributed by atoms with Gasteiger partial charge >= 0.3 is 5.97 Å². The molecule has 0 aromatic carbocycles. The maximum Gasteiger partial charge on any atom is 0.310 e. The quantitative estimate of drug-likeness (QED) is 0.758. The molecule has 0 saturated carbocycles. The van der Waals surface area contributed by atoms with Crippen LogP contribution in [0.1, 0.15) is 31.4 Å². The number of carbonyl (C=O) groups is 1. The van der Waals surface area contributed by atoms with E-state index in [9.17, 15) is 4.79 Å². The van der Waals surface area contributed by atoms with Gasteiger partial charge in [0.05, 0.1) is 19.1 Å². The van der Waals surface area contributed by atoms with E-state index in [-0.39, 0.29) is 11.9 Å². The van der Waals surface area contributed by atoms with Crippen LogP contribution in [0, 0.1) is 12.8 Å². The fourth-order valence-corrected chi connectivity index (χ4v) is 2.44. The van der Waals surface area contributed by atoms with Crippen molar-refractivity contribution in [1.82, 2.24) is 19.7 Å². The van der Waals surface area contributed by atoms with Gasteiger partial charge in [-0.05, 0) is 33.2 Å². The monoisotopic (exact) mass is 266 g/mol. The Morgan fingerprint density at radius 2 is 2.26 bits per heavy atom. The third kappa shape index (κ3) is 3.32. The first-order chi connectivity index (χ1) is 9.11. The van der Waals surface area contributed by atoms with Crippen molar-refractivity contribution < 1.29 is 9.53 Å². The summed E-state index contributed by atoms with van der Waals surface area (Å²) in [5, 5.41) is 8.23. The molecule has 0 spiro atoms. The lowest BCUT2D eigenvalue weighted by Crippen LogP contribution is -2.39. The number of nitrogens with zero attached hydrogens (tertiary/aromatic N) is 4. The fraction of sp³-hybridized carbons (Fsp3) is 0.769. The van der Waals surface area contributed by atoms with Crippen LogP contribution in [0.25, 0.3) is 0 Å². The number of ether oxygens (including phenoxy) is 1. The molecule has 1 atom stereocenters. The van der Waals surface area contributed by atoms with Crippen LogP contribution in [-0.2, 0) is 23.1 Å². The molecule has 0 N–H and O–H groups in total. The van der Waals surface area contributed by atoms with Crippen molar-refractivity contribution in [3.05, 3.63) is 11.6 Å². The van der Waals surface area contributed by atoms with E-state index in [1.165, 1.54) is 0 Å². The summed E-state index contributed by atoms with van der Waals surface area (Å²) in [7, 11) is 1.97. The highest BCUT2D eigenvalue weighted by Crippen LogP contribution is 2.19. The normalized spacial score (nSPS) is 20.5. The number of hydrogen-bond acceptors (Lipinski definition) is 5. The summed E-state index contributed by atoms with van der Waals surface area (Å²) in [6.45, 7) is 6.74. The van der Waals surface area contributed by atoms with E-state index in [1.807, 2.05) is 25.5 Å². The molecule has 1 aliphatic heterocycles. The first kappa shape index (κ1) is 14.0. The Morgan fingerprint density at radius 3 is 2.89 bits per heavy atom. The second-order valence-electron chi connectivity index (χ2n) is 5.05. The van der Waals surface area contributed by atoms with Crippen molar-refractivity contribution in [3.63, 3.8) is 0 Å². The average Bonchev–Trinajstić information content (AvgIpc) is 2.71. The van der Waals surface area contributed by atoms with Gasteiger partial charge in [-0.25, -0.2) is 0 Å². The molecule has 1 aromatic rings. The zero-order valence-electron chi connectivity index (χ0n) is 11.9. The van der Waals surface area contributed by atoms with Crippen molar-refractivity contribution in [3.8, 4) is 0 Å². The van der Waals surface area contributed by atoms with E-state index in [0.29, 0.717) is 6.61 Å². The summed E-state index contributed by atoms with van der Waals surface area (Å²) < 4.78 is 7.10. The summed E-state index contributed by atoms with van der Waals surface area (Å²) in [5.74, 6) is 1.79. The number of carbonyl (C=O) groups excluding carboxylic acids is 1. The molecule has 0 bridgehead atoms. The van der Waals surface area contributed by atoms with E-state index in [1.54, 1.807) is 0 Å². The third-order valence-corrected chi connectivity index (χ3v) is 3.67. The number of piperidine rings is 1. The molecule has 1 aliphatic rings. The first-order valence-electron chi connectivity index (χ1n) is 6.85. The molecular formula is C13H22N4O2. The molecule has 2 heterocycles. The minimum Gasteiger partial charge on any atom is -0.466 e. The predicted molar refractivity (Wildman–Crippen MR) is 70.4 cm³/mol. The number of hydrogen-bond donors (Lipinski definition) is 0. The molecule has 0 unspecified atom stereocenters. The molecule has 19 heavy (non-hydrogen) atoms. The van der Waals surface area contributed by atoms with Gasteiger partial charge in [0.1, 0.15) is 11.6 Å². The Kier molecular flexibility index (Phi) is 4.52. The maximum absolute atomic E-state index is 11.8. The molecule has 0 aliphatic carbocycles. The van der Waals surface area contributed by atoms with E-state index < -0.39 is 0 Å². The first-order valence-corrected chi connectivity index (χ1v) is 6.85. The Labute approximate surface area is 113 Å². The summed E-state index contributed by atoms with van der Waals surface area (Å²) >= 11 is 0. The minimum atomic E-state index is -0.0682. The molecular weight excluding hydrogens is 244 g/mol. The van der Waals surface area contributed by atoms with E-state index >= 15 is 0 Å². The minimum absolute atomic E-state index is 0.00280. The standard InChI is InChI=1S/C13H22N4O2/c1-4-19-13(18)11-6-5-7-17(8-11)9-12-15-14-10(2)16(12)3/h11H,4-9H2,1-3H3/t11-/m1/s1. The average molecular weight is 266 g/mol. The van der Waals surface area contributed by atoms with Crippen LogP contribution >= 0.6 is 0 Å². The van der Waals surface area contributed by atoms with Crippen LogP contribution in [0.2, 0.25) is 0 Å². The van der Waals surface area contributed by atoms with Crippen molar-refractivity contribution in [1.29, 1.82) is 0 Å². The van der Waals surface area contributed by atoms with Crippen molar-refractivity contribution >= 4 is 5.97 Å². The van der Waals surface area contributed by atoms with Gasteiger partial charge in [-0.3, -0.25) is 9.69 Å². The number of aryl methyl sites for hydroxylation is 1. The molecule has 1 aromatic heterocycles. The summed E-state index contributed by atoms with van der Waals surface area (Å²) in [4.78, 5) is 14.0. The number of likely N-dealkylation sites (tertiary alicyclic amines) is 1. The predicted octanol–water partition coefficient (Wildman–Crippen LogP) is 0.899. The van der Waals surface area contributed by atoms with Gasteiger partial charge in [-0.2, -0.15) is 0 Å². The molecule has 106 valence electrons. The highest BCUT2D eigenvalue weighted by atomic mass is 16.5. The van der Waals surface area contributed by atoms with Gasteiger partial charge in [-0.15, -0.1) is 10.2 Å². The van der Waals surface area contributed by atoms with E-state index in [0.717, 1.165) is 44.1 Å². The summed E-state index contributed by atoms with van der Waals surface area (Å²) in [5.41, 5.74) is 0. The van der Waals surface area contributed by atoms with E-state index in [2.05, 4.69) is 15.1 Å². The topological polar surface area (TPSA) is 60.2 Å². The van der Waals surface area contributed by atoms with Crippen molar-refractivity contribution in [2.45, 2.75) is 33.2 Å². The lowest BCUT2D eigenvalue weighted by molar-refractivity contribution is -0.150.